The van der Waals surface area contributed by atoms with Crippen LogP contribution in [0.25, 0.3) is 0 Å². The second-order valence-corrected chi connectivity index (χ2v) is 5.30. The van der Waals surface area contributed by atoms with Gasteiger partial charge in [-0.05, 0) is 31.4 Å². The molecule has 2 heteroatoms. The quantitative estimate of drug-likeness (QED) is 0.699. The molecule has 1 aliphatic carbocycles. The lowest BCUT2D eigenvalue weighted by molar-refractivity contribution is 0.411. The number of fused-ring (bicyclic) bond motifs is 2. The molecule has 1 atom stereocenters. The molecular weight excluding hydrogens is 206 g/mol. The van der Waals surface area contributed by atoms with Crippen molar-refractivity contribution in [3.8, 4) is 0 Å². The van der Waals surface area contributed by atoms with Gasteiger partial charge in [0.15, 0.2) is 0 Å². The van der Waals surface area contributed by atoms with E-state index in [-0.39, 0.29) is 0 Å². The minimum absolute atomic E-state index is 0.375. The van der Waals surface area contributed by atoms with Gasteiger partial charge < -0.3 is 5.32 Å². The van der Waals surface area contributed by atoms with Crippen LogP contribution in [0.15, 0.2) is 18.2 Å². The highest BCUT2D eigenvalue weighted by molar-refractivity contribution is 6.33. The number of rotatable bonds is 0. The highest BCUT2D eigenvalue weighted by Gasteiger charge is 2.46. The molecule has 1 nitrogen and oxygen atoms in total. The van der Waals surface area contributed by atoms with Crippen LogP contribution in [0, 0.1) is 0 Å². The topological polar surface area (TPSA) is 12.0 Å². The summed E-state index contributed by atoms with van der Waals surface area (Å²) in [4.78, 5) is 0. The molecule has 80 valence electrons. The molecule has 1 aromatic carbocycles. The summed E-state index contributed by atoms with van der Waals surface area (Å²) in [6.07, 6.45) is 5.35. The van der Waals surface area contributed by atoms with E-state index in [2.05, 4.69) is 24.4 Å². The number of hydrogen-bond donors (Lipinski definition) is 1. The first-order valence-corrected chi connectivity index (χ1v) is 6.17. The van der Waals surface area contributed by atoms with Crippen LogP contribution < -0.4 is 5.32 Å². The fourth-order valence-corrected chi connectivity index (χ4v) is 3.61. The zero-order valence-electron chi connectivity index (χ0n) is 9.02. The van der Waals surface area contributed by atoms with Crippen molar-refractivity contribution >= 4 is 17.3 Å². The van der Waals surface area contributed by atoms with Gasteiger partial charge in [-0.15, -0.1) is 0 Å². The molecule has 1 aromatic rings. The Hall–Kier alpha value is -0.690. The molecular formula is C13H16ClN. The van der Waals surface area contributed by atoms with Gasteiger partial charge in [0.05, 0.1) is 10.7 Å². The maximum Gasteiger partial charge on any atom is 0.0640 e. The molecule has 1 spiro atoms. The zero-order valence-corrected chi connectivity index (χ0v) is 9.77. The van der Waals surface area contributed by atoms with Gasteiger partial charge in [0.25, 0.3) is 0 Å². The largest absolute Gasteiger partial charge is 0.380 e. The fraction of sp³-hybridized carbons (Fsp3) is 0.538. The second kappa shape index (κ2) is 3.15. The average Bonchev–Trinajstić information content (AvgIpc) is 2.79. The summed E-state index contributed by atoms with van der Waals surface area (Å²) in [6, 6.07) is 6.85. The smallest absolute Gasteiger partial charge is 0.0640 e. The lowest BCUT2D eigenvalue weighted by Gasteiger charge is -2.28. The molecule has 0 saturated heterocycles. The van der Waals surface area contributed by atoms with Gasteiger partial charge in [-0.25, -0.2) is 0 Å². The molecule has 0 aromatic heterocycles. The van der Waals surface area contributed by atoms with Gasteiger partial charge >= 0.3 is 0 Å². The van der Waals surface area contributed by atoms with Gasteiger partial charge in [-0.3, -0.25) is 0 Å². The average molecular weight is 222 g/mol. The maximum atomic E-state index is 6.23. The third kappa shape index (κ3) is 1.16. The first kappa shape index (κ1) is 9.53. The third-order valence-electron chi connectivity index (χ3n) is 4.24. The van der Waals surface area contributed by atoms with Crippen LogP contribution >= 0.6 is 11.6 Å². The Labute approximate surface area is 95.8 Å². The van der Waals surface area contributed by atoms with Gasteiger partial charge in [0, 0.05) is 11.5 Å². The van der Waals surface area contributed by atoms with Gasteiger partial charge in [-0.2, -0.15) is 0 Å². The highest BCUT2D eigenvalue weighted by Crippen LogP contribution is 2.52. The van der Waals surface area contributed by atoms with Gasteiger partial charge in [0.2, 0.25) is 0 Å². The number of para-hydroxylation sites is 1. The molecule has 2 aliphatic rings. The Morgan fingerprint density at radius 3 is 2.80 bits per heavy atom. The molecule has 1 N–H and O–H groups in total. The molecule has 1 heterocycles. The standard InChI is InChI=1S/C13H16ClN/c1-9-13(7-2-3-8-13)10-5-4-6-11(14)12(10)15-9/h4-6,9,15H,2-3,7-8H2,1H3. The Balaban J connectivity index is 2.17. The Morgan fingerprint density at radius 2 is 2.07 bits per heavy atom. The third-order valence-corrected chi connectivity index (χ3v) is 4.55. The van der Waals surface area contributed by atoms with Gasteiger partial charge in [-0.1, -0.05) is 36.6 Å². The molecule has 0 bridgehead atoms. The first-order valence-electron chi connectivity index (χ1n) is 5.79. The van der Waals surface area contributed by atoms with E-state index in [1.807, 2.05) is 6.07 Å². The van der Waals surface area contributed by atoms with Crippen molar-refractivity contribution in [2.45, 2.75) is 44.1 Å². The summed E-state index contributed by atoms with van der Waals surface area (Å²) in [5.74, 6) is 0. The Morgan fingerprint density at radius 1 is 1.33 bits per heavy atom. The molecule has 1 unspecified atom stereocenters. The summed E-state index contributed by atoms with van der Waals surface area (Å²) in [6.45, 7) is 2.29. The van der Waals surface area contributed by atoms with E-state index in [1.165, 1.54) is 36.9 Å². The molecule has 15 heavy (non-hydrogen) atoms. The van der Waals surface area contributed by atoms with E-state index in [0.717, 1.165) is 5.02 Å². The maximum absolute atomic E-state index is 6.23. The zero-order chi connectivity index (χ0) is 10.5. The number of hydrogen-bond acceptors (Lipinski definition) is 1. The van der Waals surface area contributed by atoms with E-state index >= 15 is 0 Å². The van der Waals surface area contributed by atoms with Gasteiger partial charge in [0.1, 0.15) is 0 Å². The van der Waals surface area contributed by atoms with E-state index in [0.29, 0.717) is 11.5 Å². The SMILES string of the molecule is CC1Nc2c(Cl)cccc2C12CCCC2. The first-order chi connectivity index (χ1) is 7.24. The Kier molecular flexibility index (Phi) is 2.00. The van der Waals surface area contributed by atoms with Crippen LogP contribution in [-0.2, 0) is 5.41 Å². The van der Waals surface area contributed by atoms with Crippen LogP contribution in [0.2, 0.25) is 5.02 Å². The molecule has 1 aliphatic heterocycles. The van der Waals surface area contributed by atoms with Crippen LogP contribution in [0.3, 0.4) is 0 Å². The van der Waals surface area contributed by atoms with Crippen LogP contribution in [-0.4, -0.2) is 6.04 Å². The van der Waals surface area contributed by atoms with E-state index in [1.54, 1.807) is 0 Å². The Bertz CT molecular complexity index is 394. The van der Waals surface area contributed by atoms with E-state index in [4.69, 9.17) is 11.6 Å². The van der Waals surface area contributed by atoms with Crippen molar-refractivity contribution in [1.82, 2.24) is 0 Å². The lowest BCUT2D eigenvalue weighted by Crippen LogP contribution is -2.33. The van der Waals surface area contributed by atoms with Crippen molar-refractivity contribution < 1.29 is 0 Å². The van der Waals surface area contributed by atoms with Crippen LogP contribution in [0.5, 0.6) is 0 Å². The van der Waals surface area contributed by atoms with E-state index in [9.17, 15) is 0 Å². The van der Waals surface area contributed by atoms with Crippen LogP contribution in [0.4, 0.5) is 5.69 Å². The number of halogens is 1. The van der Waals surface area contributed by atoms with Crippen molar-refractivity contribution in [3.63, 3.8) is 0 Å². The van der Waals surface area contributed by atoms with Crippen molar-refractivity contribution in [2.24, 2.45) is 0 Å². The van der Waals surface area contributed by atoms with Crippen molar-refractivity contribution in [2.75, 3.05) is 5.32 Å². The predicted molar refractivity (Wildman–Crippen MR) is 64.7 cm³/mol. The molecule has 1 fully saturated rings. The molecule has 1 saturated carbocycles. The van der Waals surface area contributed by atoms with Crippen molar-refractivity contribution in [3.05, 3.63) is 28.8 Å². The van der Waals surface area contributed by atoms with Crippen molar-refractivity contribution in [1.29, 1.82) is 0 Å². The van der Waals surface area contributed by atoms with E-state index < -0.39 is 0 Å². The fourth-order valence-electron chi connectivity index (χ4n) is 3.38. The summed E-state index contributed by atoms with van der Waals surface area (Å²) in [7, 11) is 0. The minimum atomic E-state index is 0.375. The molecule has 0 amide bonds. The highest BCUT2D eigenvalue weighted by atomic mass is 35.5. The summed E-state index contributed by atoms with van der Waals surface area (Å²) in [5, 5.41) is 4.44. The summed E-state index contributed by atoms with van der Waals surface area (Å²) in [5.41, 5.74) is 3.02. The number of nitrogens with one attached hydrogen (secondary N) is 1. The predicted octanol–water partition coefficient (Wildman–Crippen LogP) is 3.97. The second-order valence-electron chi connectivity index (χ2n) is 4.89. The minimum Gasteiger partial charge on any atom is -0.380 e. The monoisotopic (exact) mass is 221 g/mol. The lowest BCUT2D eigenvalue weighted by atomic mass is 9.76. The summed E-state index contributed by atoms with van der Waals surface area (Å²) < 4.78 is 0. The summed E-state index contributed by atoms with van der Waals surface area (Å²) >= 11 is 6.23. The number of benzene rings is 1. The van der Waals surface area contributed by atoms with Crippen LogP contribution in [0.1, 0.15) is 38.2 Å². The number of anilines is 1. The molecule has 0 radical (unpaired) electrons. The molecule has 3 rings (SSSR count). The normalized spacial score (nSPS) is 26.7.